The van der Waals surface area contributed by atoms with Crippen molar-refractivity contribution in [3.8, 4) is 0 Å². The van der Waals surface area contributed by atoms with E-state index in [0.29, 0.717) is 0 Å². The number of morpholine rings is 1. The van der Waals surface area contributed by atoms with Crippen LogP contribution in [0.5, 0.6) is 0 Å². The van der Waals surface area contributed by atoms with Gasteiger partial charge in [-0.15, -0.1) is 11.3 Å². The van der Waals surface area contributed by atoms with Crippen LogP contribution in [0.1, 0.15) is 5.69 Å². The molecule has 2 aromatic rings. The van der Waals surface area contributed by atoms with Gasteiger partial charge in [0.25, 0.3) is 0 Å². The van der Waals surface area contributed by atoms with Gasteiger partial charge in [-0.25, -0.2) is 4.98 Å². The maximum absolute atomic E-state index is 6.13. The topological polar surface area (TPSA) is 25.4 Å². The highest BCUT2D eigenvalue weighted by Crippen LogP contribution is 2.35. The summed E-state index contributed by atoms with van der Waals surface area (Å²) in [6.07, 6.45) is 0. The van der Waals surface area contributed by atoms with Crippen LogP contribution in [0.25, 0.3) is 10.1 Å². The molecule has 6 heteroatoms. The Kier molecular flexibility index (Phi) is 3.75. The molecule has 0 bridgehead atoms. The molecule has 0 N–H and O–H groups in total. The highest BCUT2D eigenvalue weighted by atomic mass is 79.9. The maximum Gasteiger partial charge on any atom is 0.137 e. The summed E-state index contributed by atoms with van der Waals surface area (Å²) in [6.45, 7) is 3.31. The Labute approximate surface area is 123 Å². The monoisotopic (exact) mass is 346 g/mol. The van der Waals surface area contributed by atoms with Gasteiger partial charge in [-0.2, -0.15) is 0 Å². The Bertz CT molecular complexity index is 568. The van der Waals surface area contributed by atoms with Crippen LogP contribution in [-0.4, -0.2) is 31.3 Å². The predicted octanol–water partition coefficient (Wildman–Crippen LogP) is 3.68. The van der Waals surface area contributed by atoms with Crippen LogP contribution >= 0.6 is 38.9 Å². The molecule has 0 aromatic carbocycles. The first-order chi connectivity index (χ1) is 8.78. The summed E-state index contributed by atoms with van der Waals surface area (Å²) < 4.78 is 7.41. The summed E-state index contributed by atoms with van der Waals surface area (Å²) in [6, 6.07) is 4.11. The number of pyridine rings is 1. The largest absolute Gasteiger partial charge is 0.378 e. The molecule has 1 saturated heterocycles. The van der Waals surface area contributed by atoms with Crippen molar-refractivity contribution < 1.29 is 4.74 Å². The maximum atomic E-state index is 6.13. The molecule has 1 aliphatic rings. The Balaban J connectivity index is 2.12. The van der Waals surface area contributed by atoms with Gasteiger partial charge in [-0.05, 0) is 12.1 Å². The second kappa shape index (κ2) is 5.33. The average Bonchev–Trinajstić information content (AvgIpc) is 2.78. The van der Waals surface area contributed by atoms with E-state index in [1.807, 2.05) is 6.07 Å². The van der Waals surface area contributed by atoms with Gasteiger partial charge in [-0.3, -0.25) is 0 Å². The van der Waals surface area contributed by atoms with Crippen LogP contribution in [0.3, 0.4) is 0 Å². The molecule has 0 spiro atoms. The quantitative estimate of drug-likeness (QED) is 0.775. The number of aromatic nitrogens is 1. The Morgan fingerprint density at radius 3 is 2.89 bits per heavy atom. The van der Waals surface area contributed by atoms with Gasteiger partial charge < -0.3 is 9.64 Å². The van der Waals surface area contributed by atoms with E-state index < -0.39 is 0 Å². The van der Waals surface area contributed by atoms with Gasteiger partial charge in [0.05, 0.1) is 23.2 Å². The molecular weight excluding hydrogens is 336 g/mol. The van der Waals surface area contributed by atoms with E-state index >= 15 is 0 Å². The van der Waals surface area contributed by atoms with E-state index in [2.05, 4.69) is 26.9 Å². The SMILES string of the molecule is Clc1cc2c(N3CCOCC3)nc(CBr)cc2s1. The van der Waals surface area contributed by atoms with Crippen molar-refractivity contribution >= 4 is 54.8 Å². The predicted molar refractivity (Wildman–Crippen MR) is 80.3 cm³/mol. The fourth-order valence-electron chi connectivity index (χ4n) is 2.12. The van der Waals surface area contributed by atoms with E-state index in [1.165, 1.54) is 4.70 Å². The van der Waals surface area contributed by atoms with Gasteiger partial charge in [0.2, 0.25) is 0 Å². The van der Waals surface area contributed by atoms with Crippen LogP contribution in [0, 0.1) is 0 Å². The van der Waals surface area contributed by atoms with Gasteiger partial charge in [0.1, 0.15) is 5.82 Å². The van der Waals surface area contributed by atoms with Crippen molar-refractivity contribution in [3.63, 3.8) is 0 Å². The number of ether oxygens (including phenoxy) is 1. The Hall–Kier alpha value is -0.360. The Morgan fingerprint density at radius 1 is 1.39 bits per heavy atom. The summed E-state index contributed by atoms with van der Waals surface area (Å²) in [5, 5.41) is 1.91. The third-order valence-corrected chi connectivity index (χ3v) is 4.75. The number of alkyl halides is 1. The van der Waals surface area contributed by atoms with Crippen molar-refractivity contribution in [3.05, 3.63) is 22.2 Å². The minimum Gasteiger partial charge on any atom is -0.378 e. The van der Waals surface area contributed by atoms with E-state index in [1.54, 1.807) is 11.3 Å². The lowest BCUT2D eigenvalue weighted by Crippen LogP contribution is -2.36. The first-order valence-electron chi connectivity index (χ1n) is 5.75. The smallest absolute Gasteiger partial charge is 0.137 e. The summed E-state index contributed by atoms with van der Waals surface area (Å²) in [7, 11) is 0. The number of rotatable bonds is 2. The number of halogens is 2. The summed E-state index contributed by atoms with van der Waals surface area (Å²) in [5.74, 6) is 1.04. The van der Waals surface area contributed by atoms with Crippen molar-refractivity contribution in [2.45, 2.75) is 5.33 Å². The average molecular weight is 348 g/mol. The molecule has 0 aliphatic carbocycles. The third-order valence-electron chi connectivity index (χ3n) is 2.97. The number of hydrogen-bond acceptors (Lipinski definition) is 4. The van der Waals surface area contributed by atoms with Crippen molar-refractivity contribution in [1.29, 1.82) is 0 Å². The van der Waals surface area contributed by atoms with Gasteiger partial charge in [0.15, 0.2) is 0 Å². The molecule has 3 nitrogen and oxygen atoms in total. The van der Waals surface area contributed by atoms with Crippen molar-refractivity contribution in [1.82, 2.24) is 4.98 Å². The molecule has 0 radical (unpaired) electrons. The van der Waals surface area contributed by atoms with Crippen LogP contribution in [-0.2, 0) is 10.1 Å². The zero-order chi connectivity index (χ0) is 12.5. The molecule has 0 atom stereocenters. The fourth-order valence-corrected chi connectivity index (χ4v) is 3.61. The zero-order valence-electron chi connectivity index (χ0n) is 9.66. The molecule has 0 amide bonds. The molecule has 1 fully saturated rings. The second-order valence-electron chi connectivity index (χ2n) is 4.13. The second-order valence-corrected chi connectivity index (χ2v) is 6.41. The fraction of sp³-hybridized carbons (Fsp3) is 0.417. The zero-order valence-corrected chi connectivity index (χ0v) is 12.8. The minimum absolute atomic E-state index is 0.760. The van der Waals surface area contributed by atoms with Crippen molar-refractivity contribution in [2.24, 2.45) is 0 Å². The molecular formula is C12H12BrClN2OS. The molecule has 96 valence electrons. The van der Waals surface area contributed by atoms with E-state index in [4.69, 9.17) is 21.3 Å². The lowest BCUT2D eigenvalue weighted by atomic mass is 10.2. The van der Waals surface area contributed by atoms with Gasteiger partial charge in [0, 0.05) is 28.5 Å². The summed E-state index contributed by atoms with van der Waals surface area (Å²) >= 11 is 11.2. The van der Waals surface area contributed by atoms with Crippen LogP contribution < -0.4 is 4.90 Å². The summed E-state index contributed by atoms with van der Waals surface area (Å²) in [4.78, 5) is 7.01. The molecule has 3 heterocycles. The van der Waals surface area contributed by atoms with Crippen LogP contribution in [0.2, 0.25) is 4.34 Å². The first-order valence-corrected chi connectivity index (χ1v) is 8.07. The van der Waals surface area contributed by atoms with Gasteiger partial charge >= 0.3 is 0 Å². The lowest BCUT2D eigenvalue weighted by Gasteiger charge is -2.28. The van der Waals surface area contributed by atoms with Crippen molar-refractivity contribution in [2.75, 3.05) is 31.2 Å². The van der Waals surface area contributed by atoms with E-state index in [-0.39, 0.29) is 0 Å². The highest BCUT2D eigenvalue weighted by molar-refractivity contribution is 9.08. The number of anilines is 1. The molecule has 3 rings (SSSR count). The van der Waals surface area contributed by atoms with E-state index in [9.17, 15) is 0 Å². The normalized spacial score (nSPS) is 16.4. The molecule has 2 aromatic heterocycles. The lowest BCUT2D eigenvalue weighted by molar-refractivity contribution is 0.122. The molecule has 18 heavy (non-hydrogen) atoms. The van der Waals surface area contributed by atoms with Crippen LogP contribution in [0.15, 0.2) is 12.1 Å². The standard InChI is InChI=1S/C12H12BrClN2OS/c13-7-8-5-10-9(6-11(14)18-10)12(15-8)16-1-3-17-4-2-16/h5-6H,1-4,7H2. The number of thiophene rings is 1. The van der Waals surface area contributed by atoms with Gasteiger partial charge in [-0.1, -0.05) is 27.5 Å². The molecule has 0 saturated carbocycles. The molecule has 0 unspecified atom stereocenters. The first kappa shape index (κ1) is 12.7. The molecule has 1 aliphatic heterocycles. The Morgan fingerprint density at radius 2 is 2.17 bits per heavy atom. The number of nitrogens with zero attached hydrogens (tertiary/aromatic N) is 2. The highest BCUT2D eigenvalue weighted by Gasteiger charge is 2.17. The minimum atomic E-state index is 0.760. The summed E-state index contributed by atoms with van der Waals surface area (Å²) in [5.41, 5.74) is 1.04. The number of hydrogen-bond donors (Lipinski definition) is 0. The number of fused-ring (bicyclic) bond motifs is 1. The van der Waals surface area contributed by atoms with E-state index in [0.717, 1.165) is 52.9 Å². The third kappa shape index (κ3) is 2.37. The van der Waals surface area contributed by atoms with Crippen LogP contribution in [0.4, 0.5) is 5.82 Å².